The van der Waals surface area contributed by atoms with Gasteiger partial charge in [-0.1, -0.05) is 274 Å². The first kappa shape index (κ1) is 50.0. The summed E-state index contributed by atoms with van der Waals surface area (Å²) in [5.41, 5.74) is 0. The standard InChI is InChI=1S/C54H40N4P4S6/c55-41-63-53(59(43-25-9-1-10-26-43)44-27-11-2-12-28-44)51(57-61(47-33-17-5-18-34-47)48-35-19-6-20-36-48)65-67-68-66-52(58-62(49-37-21-7-22-38-49)50-39-23-8-24-40-50)54(64-42-56)60(45-29-13-3-14-30-45)46-31-15-4-16-32-46/h1-40H/q-2/b53-51-,54-52-. The lowest BCUT2D eigenvalue weighted by atomic mass is 10.4. The summed E-state index contributed by atoms with van der Waals surface area (Å²) in [6.45, 7) is 0. The Hall–Kier alpha value is -4.36. The summed E-state index contributed by atoms with van der Waals surface area (Å²) in [5, 5.41) is 48.5. The fraction of sp³-hybridized carbons (Fsp3) is 0. The molecule has 0 radical (unpaired) electrons. The molecule has 14 heteroatoms. The van der Waals surface area contributed by atoms with E-state index >= 15 is 0 Å². The van der Waals surface area contributed by atoms with Crippen molar-refractivity contribution in [2.75, 3.05) is 0 Å². The Bertz CT molecular complexity index is 2580. The maximum Gasteiger partial charge on any atom is 0.138 e. The minimum Gasteiger partial charge on any atom is -0.645 e. The van der Waals surface area contributed by atoms with E-state index in [0.29, 0.717) is 0 Å². The van der Waals surface area contributed by atoms with Crippen molar-refractivity contribution >= 4 is 139 Å². The maximum absolute atomic E-state index is 10.6. The third-order valence-corrected chi connectivity index (χ3v) is 27.5. The highest BCUT2D eigenvalue weighted by Gasteiger charge is 2.24. The van der Waals surface area contributed by atoms with Gasteiger partial charge in [0.1, 0.15) is 10.8 Å². The lowest BCUT2D eigenvalue weighted by Crippen LogP contribution is -2.14. The zero-order valence-electron chi connectivity index (χ0n) is 36.1. The smallest absolute Gasteiger partial charge is 0.138 e. The van der Waals surface area contributed by atoms with Crippen molar-refractivity contribution in [3.63, 3.8) is 0 Å². The maximum atomic E-state index is 10.6. The minimum atomic E-state index is -1.23. The fourth-order valence-corrected chi connectivity index (χ4v) is 25.0. The average molecular weight is 1060 g/mol. The second-order valence-electron chi connectivity index (χ2n) is 14.1. The van der Waals surface area contributed by atoms with Crippen LogP contribution < -0.4 is 42.4 Å². The number of rotatable bonds is 21. The topological polar surface area (TPSA) is 75.8 Å². The number of thiocyanates is 2. The van der Waals surface area contributed by atoms with Crippen LogP contribution in [0.2, 0.25) is 0 Å². The van der Waals surface area contributed by atoms with Crippen molar-refractivity contribution in [1.82, 2.24) is 0 Å². The van der Waals surface area contributed by atoms with Crippen LogP contribution in [0.3, 0.4) is 0 Å². The van der Waals surface area contributed by atoms with E-state index in [1.54, 1.807) is 41.2 Å². The first-order valence-electron chi connectivity index (χ1n) is 21.0. The van der Waals surface area contributed by atoms with Gasteiger partial charge in [0.2, 0.25) is 0 Å². The number of hydrogen-bond acceptors (Lipinski definition) is 8. The molecule has 0 aliphatic carbocycles. The van der Waals surface area contributed by atoms with Crippen LogP contribution in [0.1, 0.15) is 0 Å². The van der Waals surface area contributed by atoms with Gasteiger partial charge in [0.05, 0.1) is 0 Å². The van der Waals surface area contributed by atoms with E-state index < -0.39 is 32.0 Å². The molecule has 0 heterocycles. The van der Waals surface area contributed by atoms with Gasteiger partial charge in [-0.2, -0.15) is 10.5 Å². The van der Waals surface area contributed by atoms with Crippen LogP contribution in [-0.4, -0.2) is 0 Å². The summed E-state index contributed by atoms with van der Waals surface area (Å²) in [5.74, 6) is 0. The third kappa shape index (κ3) is 13.7. The molecule has 8 aromatic carbocycles. The van der Waals surface area contributed by atoms with Gasteiger partial charge >= 0.3 is 0 Å². The summed E-state index contributed by atoms with van der Waals surface area (Å²) in [7, 11) is 1.61. The SMILES string of the molecule is N#CS/C(=C(/[N-]P(c1ccccc1)c1ccccc1)SSSS/C([N-]P(c1ccccc1)c1ccccc1)=C(\SC#N)P(c1ccccc1)c1ccccc1)P(c1ccccc1)c1ccccc1. The van der Waals surface area contributed by atoms with Gasteiger partial charge in [-0.3, -0.25) is 0 Å². The van der Waals surface area contributed by atoms with Crippen LogP contribution in [0.25, 0.3) is 10.2 Å². The van der Waals surface area contributed by atoms with E-state index in [2.05, 4.69) is 205 Å². The molecule has 0 amide bonds. The zero-order chi connectivity index (χ0) is 46.6. The lowest BCUT2D eigenvalue weighted by Gasteiger charge is -2.39. The number of hydrogen-bond donors (Lipinski definition) is 0. The van der Waals surface area contributed by atoms with Crippen molar-refractivity contribution < 1.29 is 0 Å². The van der Waals surface area contributed by atoms with E-state index in [1.165, 1.54) is 23.5 Å². The van der Waals surface area contributed by atoms with Crippen molar-refractivity contribution in [1.29, 1.82) is 10.5 Å². The third-order valence-electron chi connectivity index (χ3n) is 9.75. The molecule has 0 aromatic heterocycles. The predicted molar refractivity (Wildman–Crippen MR) is 314 cm³/mol. The van der Waals surface area contributed by atoms with Crippen molar-refractivity contribution in [3.8, 4) is 10.8 Å². The van der Waals surface area contributed by atoms with Crippen LogP contribution >= 0.6 is 96.8 Å². The Morgan fingerprint density at radius 3 is 0.721 bits per heavy atom. The molecule has 8 aromatic rings. The number of thioether (sulfide) groups is 2. The van der Waals surface area contributed by atoms with Crippen LogP contribution in [0.5, 0.6) is 0 Å². The van der Waals surface area contributed by atoms with Gasteiger partial charge in [0, 0.05) is 9.29 Å². The van der Waals surface area contributed by atoms with Crippen molar-refractivity contribution in [2.24, 2.45) is 0 Å². The first-order valence-corrected chi connectivity index (χ1v) is 32.8. The molecule has 4 nitrogen and oxygen atoms in total. The summed E-state index contributed by atoms with van der Waals surface area (Å²) >= 11 is 2.42. The molecule has 0 aliphatic rings. The van der Waals surface area contributed by atoms with Crippen LogP contribution in [0.4, 0.5) is 0 Å². The molecule has 0 saturated carbocycles. The Kier molecular flexibility index (Phi) is 20.0. The molecule has 0 spiro atoms. The number of nitriles is 2. The first-order chi connectivity index (χ1) is 33.7. The monoisotopic (exact) mass is 1060 g/mol. The molecule has 8 rings (SSSR count). The molecule has 0 aliphatic heterocycles. The average Bonchev–Trinajstić information content (AvgIpc) is 3.41. The summed E-state index contributed by atoms with van der Waals surface area (Å²) in [6.07, 6.45) is 0. The summed E-state index contributed by atoms with van der Waals surface area (Å²) in [4.78, 5) is 0. The molecule has 0 N–H and O–H groups in total. The Labute approximate surface area is 429 Å². The van der Waals surface area contributed by atoms with Crippen LogP contribution in [0.15, 0.2) is 262 Å². The van der Waals surface area contributed by atoms with Gasteiger partial charge in [-0.25, -0.2) is 0 Å². The van der Waals surface area contributed by atoms with E-state index in [-0.39, 0.29) is 0 Å². The lowest BCUT2D eigenvalue weighted by molar-refractivity contribution is 1.57. The minimum absolute atomic E-state index is 0.813. The summed E-state index contributed by atoms with van der Waals surface area (Å²) < 4.78 is 1.86. The Morgan fingerprint density at radius 1 is 0.309 bits per heavy atom. The van der Waals surface area contributed by atoms with Crippen LogP contribution in [0, 0.1) is 21.3 Å². The molecule has 0 unspecified atom stereocenters. The second-order valence-corrected chi connectivity index (χ2v) is 29.9. The molecule has 0 fully saturated rings. The fourth-order valence-electron chi connectivity index (χ4n) is 6.80. The van der Waals surface area contributed by atoms with Crippen molar-refractivity contribution in [3.05, 3.63) is 272 Å². The largest absolute Gasteiger partial charge is 0.645 e. The molecule has 334 valence electrons. The quantitative estimate of drug-likeness (QED) is 0.0305. The van der Waals surface area contributed by atoms with Gasteiger partial charge in [-0.05, 0) is 101 Å². The molecule has 0 saturated heterocycles. The molecule has 68 heavy (non-hydrogen) atoms. The normalized spacial score (nSPS) is 12.0. The highest BCUT2D eigenvalue weighted by Crippen LogP contribution is 2.65. The van der Waals surface area contributed by atoms with Gasteiger partial charge in [0.15, 0.2) is 0 Å². The molecular formula is C54H40N4P4S6-2. The van der Waals surface area contributed by atoms with Crippen molar-refractivity contribution in [2.45, 2.75) is 0 Å². The van der Waals surface area contributed by atoms with E-state index in [0.717, 1.165) is 61.8 Å². The highest BCUT2D eigenvalue weighted by molar-refractivity contribution is 9.27. The molecule has 0 bridgehead atoms. The van der Waals surface area contributed by atoms with E-state index in [1.807, 2.05) is 48.5 Å². The van der Waals surface area contributed by atoms with Gasteiger partial charge in [0.25, 0.3) is 0 Å². The number of nitrogens with zero attached hydrogens (tertiary/aromatic N) is 4. The Morgan fingerprint density at radius 2 is 0.515 bits per heavy atom. The van der Waals surface area contributed by atoms with E-state index in [4.69, 9.17) is 10.2 Å². The Balaban J connectivity index is 1.24. The zero-order valence-corrected chi connectivity index (χ0v) is 44.6. The highest BCUT2D eigenvalue weighted by atomic mass is 33.7. The van der Waals surface area contributed by atoms with E-state index in [9.17, 15) is 10.5 Å². The number of benzene rings is 8. The van der Waals surface area contributed by atoms with Gasteiger partial charge < -0.3 is 10.2 Å². The van der Waals surface area contributed by atoms with Crippen LogP contribution in [-0.2, 0) is 0 Å². The molecule has 0 atom stereocenters. The summed E-state index contributed by atoms with van der Waals surface area (Å²) in [6, 6.07) is 83.9. The second kappa shape index (κ2) is 27.1. The predicted octanol–water partition coefficient (Wildman–Crippen LogP) is 15.5. The van der Waals surface area contributed by atoms with Gasteiger partial charge in [-0.15, -0.1) is 16.1 Å². The molecular weight excluding hydrogens is 1020 g/mol.